The molecule has 0 aliphatic carbocycles. The number of nitrogens with zero attached hydrogens (tertiary/aromatic N) is 4. The molecule has 2 rings (SSSR count). The number of aromatic nitrogens is 4. The summed E-state index contributed by atoms with van der Waals surface area (Å²) < 4.78 is 0. The first-order valence-electron chi connectivity index (χ1n) is 5.84. The Labute approximate surface area is 114 Å². The van der Waals surface area contributed by atoms with E-state index in [-0.39, 0.29) is 5.91 Å². The number of carboxylic acids is 1. The number of hydrogen-bond acceptors (Lipinski definition) is 5. The Morgan fingerprint density at radius 1 is 1.30 bits per heavy atom. The van der Waals surface area contributed by atoms with E-state index in [1.165, 1.54) is 18.9 Å². The minimum Gasteiger partial charge on any atom is -0.480 e. The van der Waals surface area contributed by atoms with E-state index in [2.05, 4.69) is 20.6 Å². The number of carbonyl (C=O) groups excluding carboxylic acids is 1. The van der Waals surface area contributed by atoms with Crippen LogP contribution < -0.4 is 0 Å². The summed E-state index contributed by atoms with van der Waals surface area (Å²) >= 11 is 0. The van der Waals surface area contributed by atoms with E-state index in [4.69, 9.17) is 5.11 Å². The minimum absolute atomic E-state index is 0.362. The lowest BCUT2D eigenvalue weighted by Gasteiger charge is -2.21. The summed E-state index contributed by atoms with van der Waals surface area (Å²) in [6, 6.07) is 5.66. The fourth-order valence-corrected chi connectivity index (χ4v) is 1.59. The molecule has 1 heterocycles. The first-order chi connectivity index (χ1) is 9.50. The van der Waals surface area contributed by atoms with Gasteiger partial charge in [0.25, 0.3) is 5.91 Å². The highest BCUT2D eigenvalue weighted by molar-refractivity contribution is 5.96. The third-order valence-electron chi connectivity index (χ3n) is 2.99. The van der Waals surface area contributed by atoms with Crippen molar-refractivity contribution in [3.8, 4) is 11.4 Å². The van der Waals surface area contributed by atoms with Crippen LogP contribution in [0.3, 0.4) is 0 Å². The SMILES string of the molecule is CC(C(=O)O)N(C)C(=O)c1ccc(-c2nn[nH]n2)cc1. The highest BCUT2D eigenvalue weighted by atomic mass is 16.4. The largest absolute Gasteiger partial charge is 0.480 e. The Kier molecular flexibility index (Phi) is 3.74. The van der Waals surface area contributed by atoms with Gasteiger partial charge in [-0.1, -0.05) is 12.1 Å². The number of tetrazole rings is 1. The van der Waals surface area contributed by atoms with E-state index in [0.717, 1.165) is 0 Å². The first kappa shape index (κ1) is 13.7. The second-order valence-electron chi connectivity index (χ2n) is 4.24. The van der Waals surface area contributed by atoms with Gasteiger partial charge in [-0.15, -0.1) is 10.2 Å². The summed E-state index contributed by atoms with van der Waals surface area (Å²) in [5.74, 6) is -0.986. The fourth-order valence-electron chi connectivity index (χ4n) is 1.59. The van der Waals surface area contributed by atoms with Crippen LogP contribution in [0.2, 0.25) is 0 Å². The number of hydrogen-bond donors (Lipinski definition) is 2. The molecule has 1 aromatic carbocycles. The second kappa shape index (κ2) is 5.47. The number of carbonyl (C=O) groups is 2. The van der Waals surface area contributed by atoms with Gasteiger partial charge in [0.15, 0.2) is 0 Å². The topological polar surface area (TPSA) is 112 Å². The Hall–Kier alpha value is -2.77. The van der Waals surface area contributed by atoms with Gasteiger partial charge >= 0.3 is 5.97 Å². The van der Waals surface area contributed by atoms with Gasteiger partial charge in [-0.05, 0) is 24.3 Å². The van der Waals surface area contributed by atoms with E-state index in [9.17, 15) is 9.59 Å². The van der Waals surface area contributed by atoms with Crippen molar-refractivity contribution in [2.45, 2.75) is 13.0 Å². The zero-order chi connectivity index (χ0) is 14.7. The summed E-state index contributed by atoms with van der Waals surface area (Å²) in [7, 11) is 1.45. The number of H-pyrrole nitrogens is 1. The first-order valence-corrected chi connectivity index (χ1v) is 5.84. The van der Waals surface area contributed by atoms with Gasteiger partial charge < -0.3 is 10.0 Å². The second-order valence-corrected chi connectivity index (χ2v) is 4.24. The van der Waals surface area contributed by atoms with E-state index >= 15 is 0 Å². The number of benzene rings is 1. The average molecular weight is 275 g/mol. The number of nitrogens with one attached hydrogen (secondary N) is 1. The Bertz CT molecular complexity index is 609. The van der Waals surface area contributed by atoms with Gasteiger partial charge in [-0.25, -0.2) is 4.79 Å². The number of carboxylic acid groups (broad SMARTS) is 1. The zero-order valence-corrected chi connectivity index (χ0v) is 10.9. The van der Waals surface area contributed by atoms with Gasteiger partial charge in [0.2, 0.25) is 5.82 Å². The zero-order valence-electron chi connectivity index (χ0n) is 10.9. The van der Waals surface area contributed by atoms with Crippen LogP contribution in [0.15, 0.2) is 24.3 Å². The highest BCUT2D eigenvalue weighted by Crippen LogP contribution is 2.15. The molecule has 20 heavy (non-hydrogen) atoms. The quantitative estimate of drug-likeness (QED) is 0.835. The number of likely N-dealkylation sites (N-methyl/N-ethyl adjacent to an activating group) is 1. The molecule has 104 valence electrons. The standard InChI is InChI=1S/C12H13N5O3/c1-7(12(19)20)17(2)11(18)9-5-3-8(4-6-9)10-13-15-16-14-10/h3-7H,1-2H3,(H,19,20)(H,13,14,15,16). The molecule has 8 heteroatoms. The van der Waals surface area contributed by atoms with Crippen LogP contribution in [0.1, 0.15) is 17.3 Å². The third-order valence-corrected chi connectivity index (χ3v) is 2.99. The number of aromatic amines is 1. The molecule has 0 aliphatic heterocycles. The summed E-state index contributed by atoms with van der Waals surface area (Å²) in [4.78, 5) is 24.1. The van der Waals surface area contributed by atoms with Crippen molar-refractivity contribution >= 4 is 11.9 Å². The van der Waals surface area contributed by atoms with Crippen LogP contribution in [0.4, 0.5) is 0 Å². The minimum atomic E-state index is -1.05. The maximum absolute atomic E-state index is 12.1. The fraction of sp³-hybridized carbons (Fsp3) is 0.250. The van der Waals surface area contributed by atoms with Gasteiger partial charge in [-0.3, -0.25) is 4.79 Å². The summed E-state index contributed by atoms with van der Waals surface area (Å²) in [5.41, 5.74) is 1.11. The molecular weight excluding hydrogens is 262 g/mol. The lowest BCUT2D eigenvalue weighted by Crippen LogP contribution is -2.40. The molecular formula is C12H13N5O3. The molecule has 0 saturated heterocycles. The lowest BCUT2D eigenvalue weighted by molar-refractivity contribution is -0.141. The van der Waals surface area contributed by atoms with Crippen molar-refractivity contribution in [2.75, 3.05) is 7.05 Å². The van der Waals surface area contributed by atoms with Crippen LogP contribution in [0.5, 0.6) is 0 Å². The third kappa shape index (κ3) is 2.63. The van der Waals surface area contributed by atoms with Crippen LogP contribution in [-0.2, 0) is 4.79 Å². The van der Waals surface area contributed by atoms with Crippen molar-refractivity contribution in [2.24, 2.45) is 0 Å². The molecule has 8 nitrogen and oxygen atoms in total. The lowest BCUT2D eigenvalue weighted by atomic mass is 10.1. The van der Waals surface area contributed by atoms with Crippen LogP contribution in [0.25, 0.3) is 11.4 Å². The van der Waals surface area contributed by atoms with E-state index in [1.807, 2.05) is 0 Å². The van der Waals surface area contributed by atoms with Crippen LogP contribution >= 0.6 is 0 Å². The van der Waals surface area contributed by atoms with Gasteiger partial charge in [0, 0.05) is 18.2 Å². The number of aliphatic carboxylic acids is 1. The molecule has 1 unspecified atom stereocenters. The molecule has 1 aromatic heterocycles. The Balaban J connectivity index is 2.18. The highest BCUT2D eigenvalue weighted by Gasteiger charge is 2.22. The summed E-state index contributed by atoms with van der Waals surface area (Å²) in [5, 5.41) is 22.3. The van der Waals surface area contributed by atoms with Gasteiger partial charge in [0.05, 0.1) is 0 Å². The molecule has 0 bridgehead atoms. The maximum Gasteiger partial charge on any atom is 0.326 e. The average Bonchev–Trinajstić information content (AvgIpc) is 2.99. The molecule has 0 saturated carbocycles. The predicted octanol–water partition coefficient (Wildman–Crippen LogP) is 0.412. The number of rotatable bonds is 4. The van der Waals surface area contributed by atoms with Crippen molar-refractivity contribution in [3.63, 3.8) is 0 Å². The monoisotopic (exact) mass is 275 g/mol. The van der Waals surface area contributed by atoms with Crippen molar-refractivity contribution in [1.29, 1.82) is 0 Å². The molecule has 0 aliphatic rings. The molecule has 1 atom stereocenters. The van der Waals surface area contributed by atoms with Crippen molar-refractivity contribution < 1.29 is 14.7 Å². The van der Waals surface area contributed by atoms with E-state index < -0.39 is 12.0 Å². The molecule has 2 N–H and O–H groups in total. The summed E-state index contributed by atoms with van der Waals surface area (Å²) in [6.07, 6.45) is 0. The van der Waals surface area contributed by atoms with Gasteiger partial charge in [0.1, 0.15) is 6.04 Å². The van der Waals surface area contributed by atoms with E-state index in [0.29, 0.717) is 17.0 Å². The summed E-state index contributed by atoms with van der Waals surface area (Å²) in [6.45, 7) is 1.45. The molecule has 2 aromatic rings. The van der Waals surface area contributed by atoms with Crippen LogP contribution in [-0.4, -0.2) is 55.6 Å². The molecule has 0 spiro atoms. The van der Waals surface area contributed by atoms with Crippen LogP contribution in [0, 0.1) is 0 Å². The number of amides is 1. The Morgan fingerprint density at radius 3 is 2.45 bits per heavy atom. The van der Waals surface area contributed by atoms with Crippen molar-refractivity contribution in [1.82, 2.24) is 25.5 Å². The smallest absolute Gasteiger partial charge is 0.326 e. The molecule has 0 radical (unpaired) electrons. The molecule has 0 fully saturated rings. The normalized spacial score (nSPS) is 11.9. The molecule has 1 amide bonds. The Morgan fingerprint density at radius 2 is 1.95 bits per heavy atom. The van der Waals surface area contributed by atoms with Gasteiger partial charge in [-0.2, -0.15) is 5.21 Å². The van der Waals surface area contributed by atoms with E-state index in [1.54, 1.807) is 24.3 Å². The maximum atomic E-state index is 12.1. The predicted molar refractivity (Wildman–Crippen MR) is 68.8 cm³/mol. The van der Waals surface area contributed by atoms with Crippen molar-refractivity contribution in [3.05, 3.63) is 29.8 Å².